The van der Waals surface area contributed by atoms with Crippen LogP contribution in [0.4, 0.5) is 8.78 Å². The molecular weight excluding hydrogens is 402 g/mol. The van der Waals surface area contributed by atoms with E-state index in [1.165, 1.54) is 41.6 Å². The van der Waals surface area contributed by atoms with Crippen LogP contribution < -0.4 is 0 Å². The van der Waals surface area contributed by atoms with Crippen molar-refractivity contribution in [2.75, 3.05) is 6.26 Å². The molecule has 11 heteroatoms. The van der Waals surface area contributed by atoms with Crippen molar-refractivity contribution in [1.82, 2.24) is 28.9 Å². The molecule has 0 saturated carbocycles. The van der Waals surface area contributed by atoms with E-state index in [0.717, 1.165) is 10.6 Å². The quantitative estimate of drug-likeness (QED) is 0.649. The predicted molar refractivity (Wildman–Crippen MR) is 102 cm³/mol. The van der Waals surface area contributed by atoms with Gasteiger partial charge in [-0.05, 0) is 30.4 Å². The van der Waals surface area contributed by atoms with Gasteiger partial charge in [-0.25, -0.2) is 36.7 Å². The first-order valence-corrected chi connectivity index (χ1v) is 10.2. The fraction of sp³-hybridized carbons (Fsp3) is 0.111. The molecule has 3 aromatic rings. The zero-order valence-electron chi connectivity index (χ0n) is 15.0. The van der Waals surface area contributed by atoms with Crippen LogP contribution in [-0.2, 0) is 10.0 Å². The summed E-state index contributed by atoms with van der Waals surface area (Å²) in [5.74, 6) is 0. The summed E-state index contributed by atoms with van der Waals surface area (Å²) in [6.45, 7) is 0. The minimum absolute atomic E-state index is 0.369. The van der Waals surface area contributed by atoms with Crippen molar-refractivity contribution < 1.29 is 17.2 Å². The molecule has 0 aromatic carbocycles. The lowest BCUT2D eigenvalue weighted by Gasteiger charge is -2.10. The van der Waals surface area contributed by atoms with Crippen molar-refractivity contribution >= 4 is 21.2 Å². The lowest BCUT2D eigenvalue weighted by Crippen LogP contribution is -2.17. The molecule has 1 aliphatic heterocycles. The number of allylic oxidation sites excluding steroid dienone is 4. The molecule has 4 heterocycles. The fourth-order valence-corrected chi connectivity index (χ4v) is 3.29. The molecule has 0 amide bonds. The molecule has 0 fully saturated rings. The Kier molecular flexibility index (Phi) is 4.66. The minimum Gasteiger partial charge on any atom is -0.253 e. The Labute approximate surface area is 164 Å². The Morgan fingerprint density at radius 2 is 1.86 bits per heavy atom. The van der Waals surface area contributed by atoms with E-state index in [9.17, 15) is 17.2 Å². The van der Waals surface area contributed by atoms with Gasteiger partial charge in [-0.1, -0.05) is 6.08 Å². The number of halogens is 2. The molecule has 1 aliphatic rings. The molecular formula is C18H14F2N6O2S. The van der Waals surface area contributed by atoms with E-state index in [1.54, 1.807) is 24.3 Å². The fourth-order valence-electron chi connectivity index (χ4n) is 2.72. The normalized spacial score (nSPS) is 14.5. The molecule has 0 aliphatic carbocycles. The SMILES string of the molecule is CS(=O)(=O)N1C=CC=C(c2cc(-c3cnc4ccc(C(F)F)nn34)ncn2)C=C1. The van der Waals surface area contributed by atoms with Gasteiger partial charge in [-0.3, -0.25) is 4.31 Å². The van der Waals surface area contributed by atoms with Crippen molar-refractivity contribution in [1.29, 1.82) is 0 Å². The van der Waals surface area contributed by atoms with Crippen molar-refractivity contribution in [2.24, 2.45) is 0 Å². The number of imidazole rings is 1. The van der Waals surface area contributed by atoms with E-state index in [0.29, 0.717) is 28.3 Å². The van der Waals surface area contributed by atoms with Gasteiger partial charge in [0.05, 0.1) is 23.8 Å². The van der Waals surface area contributed by atoms with Gasteiger partial charge in [0.2, 0.25) is 10.0 Å². The molecule has 0 atom stereocenters. The lowest BCUT2D eigenvalue weighted by molar-refractivity contribution is 0.144. The molecule has 0 radical (unpaired) electrons. The third-order valence-electron chi connectivity index (χ3n) is 4.12. The number of sulfonamides is 1. The zero-order chi connectivity index (χ0) is 20.6. The van der Waals surface area contributed by atoms with Gasteiger partial charge in [0, 0.05) is 18.0 Å². The van der Waals surface area contributed by atoms with E-state index in [1.807, 2.05) is 0 Å². The summed E-state index contributed by atoms with van der Waals surface area (Å²) in [6, 6.07) is 4.34. The van der Waals surface area contributed by atoms with E-state index in [-0.39, 0.29) is 5.69 Å². The average molecular weight is 416 g/mol. The second kappa shape index (κ2) is 7.17. The van der Waals surface area contributed by atoms with E-state index >= 15 is 0 Å². The van der Waals surface area contributed by atoms with Crippen LogP contribution in [0.25, 0.3) is 22.6 Å². The molecule has 0 saturated heterocycles. The second-order valence-corrected chi connectivity index (χ2v) is 8.02. The maximum Gasteiger partial charge on any atom is 0.282 e. The summed E-state index contributed by atoms with van der Waals surface area (Å²) < 4.78 is 51.8. The Bertz CT molecular complexity index is 1280. The second-order valence-electron chi connectivity index (χ2n) is 6.13. The summed E-state index contributed by atoms with van der Waals surface area (Å²) in [5, 5.41) is 3.94. The van der Waals surface area contributed by atoms with Crippen LogP contribution in [0, 0.1) is 0 Å². The predicted octanol–water partition coefficient (Wildman–Crippen LogP) is 2.81. The van der Waals surface area contributed by atoms with Crippen molar-refractivity contribution in [2.45, 2.75) is 6.43 Å². The van der Waals surface area contributed by atoms with Crippen molar-refractivity contribution in [3.8, 4) is 11.4 Å². The third kappa shape index (κ3) is 3.76. The molecule has 0 bridgehead atoms. The van der Waals surface area contributed by atoms with Gasteiger partial charge in [-0.15, -0.1) is 0 Å². The Hall–Kier alpha value is -3.47. The first kappa shape index (κ1) is 18.9. The number of nitrogens with zero attached hydrogens (tertiary/aromatic N) is 6. The highest BCUT2D eigenvalue weighted by Crippen LogP contribution is 2.24. The highest BCUT2D eigenvalue weighted by atomic mass is 32.2. The minimum atomic E-state index is -3.42. The maximum absolute atomic E-state index is 13.0. The highest BCUT2D eigenvalue weighted by Gasteiger charge is 2.15. The summed E-state index contributed by atoms with van der Waals surface area (Å²) >= 11 is 0. The maximum atomic E-state index is 13.0. The Morgan fingerprint density at radius 3 is 2.62 bits per heavy atom. The summed E-state index contributed by atoms with van der Waals surface area (Å²) in [7, 11) is -3.42. The van der Waals surface area contributed by atoms with Gasteiger partial charge in [0.25, 0.3) is 6.43 Å². The standard InChI is InChI=1S/C18H14F2N6O2S/c1-29(27,28)25-7-2-3-12(6-8-25)14-9-15(23-11-22-14)16-10-21-17-5-4-13(18(19)20)24-26(16)17/h2-11,18H,1H3. The van der Waals surface area contributed by atoms with Gasteiger partial charge >= 0.3 is 0 Å². The van der Waals surface area contributed by atoms with Crippen LogP contribution in [0.1, 0.15) is 17.8 Å². The molecule has 3 aromatic heterocycles. The van der Waals surface area contributed by atoms with Crippen LogP contribution in [0.3, 0.4) is 0 Å². The Balaban J connectivity index is 1.74. The molecule has 4 rings (SSSR count). The van der Waals surface area contributed by atoms with Crippen LogP contribution >= 0.6 is 0 Å². The van der Waals surface area contributed by atoms with E-state index in [2.05, 4.69) is 20.1 Å². The van der Waals surface area contributed by atoms with Gasteiger partial charge in [-0.2, -0.15) is 5.10 Å². The van der Waals surface area contributed by atoms with Crippen LogP contribution in [-0.4, -0.2) is 43.5 Å². The Morgan fingerprint density at radius 1 is 1.07 bits per heavy atom. The van der Waals surface area contributed by atoms with E-state index in [4.69, 9.17) is 0 Å². The zero-order valence-corrected chi connectivity index (χ0v) is 15.8. The number of hydrogen-bond donors (Lipinski definition) is 0. The molecule has 8 nitrogen and oxygen atoms in total. The third-order valence-corrected chi connectivity index (χ3v) is 5.13. The molecule has 0 unspecified atom stereocenters. The molecule has 0 spiro atoms. The number of hydrogen-bond acceptors (Lipinski definition) is 6. The number of rotatable bonds is 4. The van der Waals surface area contributed by atoms with Gasteiger partial charge in [0.1, 0.15) is 17.7 Å². The van der Waals surface area contributed by atoms with E-state index < -0.39 is 16.4 Å². The summed E-state index contributed by atoms with van der Waals surface area (Å²) in [6.07, 6.45) is 8.94. The first-order valence-electron chi connectivity index (χ1n) is 8.34. The number of aromatic nitrogens is 5. The van der Waals surface area contributed by atoms with Crippen LogP contribution in [0.15, 0.2) is 61.4 Å². The number of alkyl halides is 2. The van der Waals surface area contributed by atoms with Gasteiger partial charge in [0.15, 0.2) is 5.65 Å². The van der Waals surface area contributed by atoms with Crippen molar-refractivity contribution in [3.05, 3.63) is 72.7 Å². The smallest absolute Gasteiger partial charge is 0.253 e. The summed E-state index contributed by atoms with van der Waals surface area (Å²) in [5.41, 5.74) is 2.06. The topological polar surface area (TPSA) is 93.4 Å². The largest absolute Gasteiger partial charge is 0.282 e. The number of fused-ring (bicyclic) bond motifs is 1. The molecule has 0 N–H and O–H groups in total. The summed E-state index contributed by atoms with van der Waals surface area (Å²) in [4.78, 5) is 12.6. The van der Waals surface area contributed by atoms with Crippen molar-refractivity contribution in [3.63, 3.8) is 0 Å². The first-order chi connectivity index (χ1) is 13.8. The molecule has 29 heavy (non-hydrogen) atoms. The highest BCUT2D eigenvalue weighted by molar-refractivity contribution is 7.88. The van der Waals surface area contributed by atoms with Crippen LogP contribution in [0.5, 0.6) is 0 Å². The van der Waals surface area contributed by atoms with Gasteiger partial charge < -0.3 is 0 Å². The van der Waals surface area contributed by atoms with Crippen LogP contribution in [0.2, 0.25) is 0 Å². The molecule has 148 valence electrons. The lowest BCUT2D eigenvalue weighted by atomic mass is 10.1. The monoisotopic (exact) mass is 416 g/mol. The average Bonchev–Trinajstić information content (AvgIpc) is 2.93.